The molecule has 94 valence electrons. The van der Waals surface area contributed by atoms with E-state index in [1.165, 1.54) is 22.3 Å². The zero-order valence-electron chi connectivity index (χ0n) is 11.4. The van der Waals surface area contributed by atoms with Crippen molar-refractivity contribution in [3.63, 3.8) is 0 Å². The summed E-state index contributed by atoms with van der Waals surface area (Å²) < 4.78 is 5.88. The zero-order valence-corrected chi connectivity index (χ0v) is 11.4. The molecule has 0 heterocycles. The van der Waals surface area contributed by atoms with Gasteiger partial charge in [-0.15, -0.1) is 0 Å². The molecule has 0 aromatic heterocycles. The number of ether oxygens (including phenoxy) is 1. The van der Waals surface area contributed by atoms with Crippen LogP contribution in [0.25, 0.3) is 0 Å². The number of benzene rings is 2. The van der Waals surface area contributed by atoms with E-state index < -0.39 is 0 Å². The lowest BCUT2D eigenvalue weighted by Crippen LogP contribution is -2.03. The summed E-state index contributed by atoms with van der Waals surface area (Å²) in [7, 11) is 0. The maximum Gasteiger partial charge on any atom is 0.122 e. The highest BCUT2D eigenvalue weighted by Gasteiger charge is 2.02. The fourth-order valence-electron chi connectivity index (χ4n) is 2.01. The average molecular weight is 240 g/mol. The number of rotatable bonds is 4. The van der Waals surface area contributed by atoms with Crippen molar-refractivity contribution in [1.29, 1.82) is 0 Å². The van der Waals surface area contributed by atoms with Crippen LogP contribution in [0, 0.1) is 20.8 Å². The predicted octanol–water partition coefficient (Wildman–Crippen LogP) is 4.23. The van der Waals surface area contributed by atoms with Gasteiger partial charge in [-0.2, -0.15) is 0 Å². The van der Waals surface area contributed by atoms with Gasteiger partial charge in [0.2, 0.25) is 0 Å². The first-order valence-corrected chi connectivity index (χ1v) is 6.41. The van der Waals surface area contributed by atoms with Crippen molar-refractivity contribution >= 4 is 0 Å². The van der Waals surface area contributed by atoms with Crippen LogP contribution in [0.3, 0.4) is 0 Å². The van der Waals surface area contributed by atoms with Crippen LogP contribution < -0.4 is 4.74 Å². The van der Waals surface area contributed by atoms with Crippen LogP contribution in [0.15, 0.2) is 42.5 Å². The fraction of sp³-hybridized carbons (Fsp3) is 0.294. The van der Waals surface area contributed by atoms with Gasteiger partial charge in [0, 0.05) is 6.42 Å². The molecular formula is C17H20O. The smallest absolute Gasteiger partial charge is 0.122 e. The van der Waals surface area contributed by atoms with E-state index in [0.717, 1.165) is 18.8 Å². The van der Waals surface area contributed by atoms with Crippen LogP contribution in [0.1, 0.15) is 22.3 Å². The molecule has 2 aromatic rings. The molecule has 0 atom stereocenters. The molecule has 0 spiro atoms. The van der Waals surface area contributed by atoms with E-state index in [9.17, 15) is 0 Å². The minimum absolute atomic E-state index is 0.730. The summed E-state index contributed by atoms with van der Waals surface area (Å²) in [4.78, 5) is 0. The summed E-state index contributed by atoms with van der Waals surface area (Å²) in [5.74, 6) is 1.01. The molecule has 1 nitrogen and oxygen atoms in total. The van der Waals surface area contributed by atoms with Crippen molar-refractivity contribution in [3.8, 4) is 5.75 Å². The molecule has 18 heavy (non-hydrogen) atoms. The molecule has 0 saturated heterocycles. The van der Waals surface area contributed by atoms with Gasteiger partial charge in [-0.1, -0.05) is 36.4 Å². The van der Waals surface area contributed by atoms with Crippen LogP contribution in [0.4, 0.5) is 0 Å². The molecule has 1 heteroatoms. The molecule has 0 aliphatic carbocycles. The Morgan fingerprint density at radius 2 is 1.50 bits per heavy atom. The van der Waals surface area contributed by atoms with Crippen molar-refractivity contribution in [3.05, 3.63) is 64.7 Å². The maximum absolute atomic E-state index is 5.88. The molecule has 0 aliphatic heterocycles. The first-order valence-electron chi connectivity index (χ1n) is 6.41. The molecule has 0 saturated carbocycles. The molecule has 0 unspecified atom stereocenters. The van der Waals surface area contributed by atoms with Gasteiger partial charge in [0.05, 0.1) is 6.61 Å². The van der Waals surface area contributed by atoms with Gasteiger partial charge in [0.1, 0.15) is 5.75 Å². The first-order chi connectivity index (χ1) is 8.66. The van der Waals surface area contributed by atoms with Gasteiger partial charge in [-0.25, -0.2) is 0 Å². The highest BCUT2D eigenvalue weighted by atomic mass is 16.5. The van der Waals surface area contributed by atoms with Gasteiger partial charge in [-0.05, 0) is 49.1 Å². The van der Waals surface area contributed by atoms with E-state index in [0.29, 0.717) is 0 Å². The molecule has 0 fully saturated rings. The van der Waals surface area contributed by atoms with Crippen molar-refractivity contribution in [2.45, 2.75) is 27.2 Å². The summed E-state index contributed by atoms with van der Waals surface area (Å²) in [6.07, 6.45) is 0.952. The molecular weight excluding hydrogens is 220 g/mol. The third-order valence-electron chi connectivity index (χ3n) is 3.28. The van der Waals surface area contributed by atoms with Crippen LogP contribution in [0.5, 0.6) is 5.75 Å². The lowest BCUT2D eigenvalue weighted by Gasteiger charge is -2.11. The Balaban J connectivity index is 1.97. The normalized spacial score (nSPS) is 10.4. The van der Waals surface area contributed by atoms with Crippen molar-refractivity contribution in [2.75, 3.05) is 6.61 Å². The monoisotopic (exact) mass is 240 g/mol. The predicted molar refractivity (Wildman–Crippen MR) is 76.3 cm³/mol. The fourth-order valence-corrected chi connectivity index (χ4v) is 2.01. The quantitative estimate of drug-likeness (QED) is 0.777. The summed E-state index contributed by atoms with van der Waals surface area (Å²) in [5.41, 5.74) is 5.14. The molecule has 0 N–H and O–H groups in total. The Hall–Kier alpha value is -1.76. The topological polar surface area (TPSA) is 9.23 Å². The number of hydrogen-bond acceptors (Lipinski definition) is 1. The van der Waals surface area contributed by atoms with Crippen LogP contribution in [0.2, 0.25) is 0 Å². The molecule has 2 rings (SSSR count). The summed E-state index contributed by atoms with van der Waals surface area (Å²) >= 11 is 0. The molecule has 0 radical (unpaired) electrons. The standard InChI is InChI=1S/C17H20O/c1-13-11-15(3)17(12-14(13)2)18-10-9-16-7-5-4-6-8-16/h4-8,11-12H,9-10H2,1-3H3. The minimum Gasteiger partial charge on any atom is -0.493 e. The summed E-state index contributed by atoms with van der Waals surface area (Å²) in [6, 6.07) is 14.8. The Kier molecular flexibility index (Phi) is 4.03. The largest absolute Gasteiger partial charge is 0.493 e. The first kappa shape index (κ1) is 12.7. The van der Waals surface area contributed by atoms with E-state index in [1.807, 2.05) is 6.07 Å². The summed E-state index contributed by atoms with van der Waals surface area (Å²) in [6.45, 7) is 7.09. The Morgan fingerprint density at radius 3 is 2.22 bits per heavy atom. The highest BCUT2D eigenvalue weighted by molar-refractivity contribution is 5.40. The van der Waals surface area contributed by atoms with E-state index >= 15 is 0 Å². The van der Waals surface area contributed by atoms with Crippen molar-refractivity contribution in [2.24, 2.45) is 0 Å². The Bertz CT molecular complexity index is 515. The van der Waals surface area contributed by atoms with Crippen LogP contribution in [-0.4, -0.2) is 6.61 Å². The molecule has 0 bridgehead atoms. The second-order valence-electron chi connectivity index (χ2n) is 4.79. The Labute approximate surface area is 109 Å². The minimum atomic E-state index is 0.730. The van der Waals surface area contributed by atoms with E-state index in [1.54, 1.807) is 0 Å². The molecule has 2 aromatic carbocycles. The highest BCUT2D eigenvalue weighted by Crippen LogP contribution is 2.22. The molecule has 0 amide bonds. The summed E-state index contributed by atoms with van der Waals surface area (Å²) in [5, 5.41) is 0. The van der Waals surface area contributed by atoms with Gasteiger partial charge in [-0.3, -0.25) is 0 Å². The number of aryl methyl sites for hydroxylation is 3. The van der Waals surface area contributed by atoms with Crippen molar-refractivity contribution in [1.82, 2.24) is 0 Å². The third kappa shape index (κ3) is 3.13. The second kappa shape index (κ2) is 5.72. The lowest BCUT2D eigenvalue weighted by atomic mass is 10.1. The zero-order chi connectivity index (χ0) is 13.0. The number of hydrogen-bond donors (Lipinski definition) is 0. The van der Waals surface area contributed by atoms with Crippen molar-refractivity contribution < 1.29 is 4.74 Å². The van der Waals surface area contributed by atoms with Crippen LogP contribution >= 0.6 is 0 Å². The Morgan fingerprint density at radius 1 is 0.833 bits per heavy atom. The van der Waals surface area contributed by atoms with Gasteiger partial charge in [0.25, 0.3) is 0 Å². The van der Waals surface area contributed by atoms with Crippen LogP contribution in [-0.2, 0) is 6.42 Å². The van der Waals surface area contributed by atoms with E-state index in [4.69, 9.17) is 4.74 Å². The average Bonchev–Trinajstić information content (AvgIpc) is 2.37. The van der Waals surface area contributed by atoms with Gasteiger partial charge in [0.15, 0.2) is 0 Å². The SMILES string of the molecule is Cc1cc(C)c(OCCc2ccccc2)cc1C. The maximum atomic E-state index is 5.88. The van der Waals surface area contributed by atoms with Gasteiger partial charge >= 0.3 is 0 Å². The van der Waals surface area contributed by atoms with E-state index in [2.05, 4.69) is 57.2 Å². The second-order valence-corrected chi connectivity index (χ2v) is 4.79. The van der Waals surface area contributed by atoms with Gasteiger partial charge < -0.3 is 4.74 Å². The lowest BCUT2D eigenvalue weighted by molar-refractivity contribution is 0.319. The molecule has 0 aliphatic rings. The third-order valence-corrected chi connectivity index (χ3v) is 3.28. The van der Waals surface area contributed by atoms with E-state index in [-0.39, 0.29) is 0 Å².